The van der Waals surface area contributed by atoms with Crippen molar-refractivity contribution in [2.45, 2.75) is 39.3 Å². The van der Waals surface area contributed by atoms with Gasteiger partial charge in [-0.25, -0.2) is 4.98 Å². The van der Waals surface area contributed by atoms with Gasteiger partial charge in [-0.15, -0.1) is 11.3 Å². The van der Waals surface area contributed by atoms with E-state index >= 15 is 0 Å². The standard InChI is InChI=1S/C16H21N3S/c1-11(2)15-14(9-17)20-16(18-15)19-8-7-12-5-3-4-6-13(12)10-19/h3-6,11H,7-10,17H2,1-2H3. The second kappa shape index (κ2) is 5.54. The summed E-state index contributed by atoms with van der Waals surface area (Å²) >= 11 is 1.76. The van der Waals surface area contributed by atoms with Crippen LogP contribution in [0.1, 0.15) is 41.5 Å². The second-order valence-corrected chi connectivity index (χ2v) is 6.67. The van der Waals surface area contributed by atoms with Gasteiger partial charge in [0.15, 0.2) is 5.13 Å². The molecule has 2 aromatic rings. The third-order valence-electron chi connectivity index (χ3n) is 3.85. The maximum atomic E-state index is 5.86. The van der Waals surface area contributed by atoms with Crippen molar-refractivity contribution in [3.05, 3.63) is 46.0 Å². The highest BCUT2D eigenvalue weighted by atomic mass is 32.1. The smallest absolute Gasteiger partial charge is 0.186 e. The van der Waals surface area contributed by atoms with Crippen LogP contribution in [0.25, 0.3) is 0 Å². The number of anilines is 1. The number of nitrogens with zero attached hydrogens (tertiary/aromatic N) is 2. The topological polar surface area (TPSA) is 42.2 Å². The summed E-state index contributed by atoms with van der Waals surface area (Å²) in [5, 5.41) is 1.13. The number of benzene rings is 1. The number of nitrogens with two attached hydrogens (primary N) is 1. The van der Waals surface area contributed by atoms with Crippen LogP contribution in [0, 0.1) is 0 Å². The minimum Gasteiger partial charge on any atom is -0.343 e. The average Bonchev–Trinajstić information content (AvgIpc) is 2.91. The van der Waals surface area contributed by atoms with Gasteiger partial charge in [-0.2, -0.15) is 0 Å². The molecule has 20 heavy (non-hydrogen) atoms. The Morgan fingerprint density at radius 2 is 2.05 bits per heavy atom. The van der Waals surface area contributed by atoms with Crippen LogP contribution in [-0.4, -0.2) is 11.5 Å². The Hall–Kier alpha value is -1.39. The highest BCUT2D eigenvalue weighted by Gasteiger charge is 2.21. The summed E-state index contributed by atoms with van der Waals surface area (Å²) in [6, 6.07) is 8.71. The Labute approximate surface area is 124 Å². The van der Waals surface area contributed by atoms with Gasteiger partial charge in [0.25, 0.3) is 0 Å². The van der Waals surface area contributed by atoms with Crippen LogP contribution >= 0.6 is 11.3 Å². The zero-order valence-electron chi connectivity index (χ0n) is 12.1. The molecule has 2 heterocycles. The summed E-state index contributed by atoms with van der Waals surface area (Å²) in [7, 11) is 0. The molecule has 0 spiro atoms. The highest BCUT2D eigenvalue weighted by molar-refractivity contribution is 7.15. The first-order valence-electron chi connectivity index (χ1n) is 7.20. The maximum Gasteiger partial charge on any atom is 0.186 e. The van der Waals surface area contributed by atoms with Gasteiger partial charge in [-0.3, -0.25) is 0 Å². The predicted molar refractivity (Wildman–Crippen MR) is 85.3 cm³/mol. The Morgan fingerprint density at radius 3 is 2.70 bits per heavy atom. The molecule has 0 fully saturated rings. The molecule has 3 rings (SSSR count). The SMILES string of the molecule is CC(C)c1nc(N2CCc3ccccc3C2)sc1CN. The van der Waals surface area contributed by atoms with Crippen LogP contribution in [-0.2, 0) is 19.5 Å². The van der Waals surface area contributed by atoms with Gasteiger partial charge in [0.1, 0.15) is 0 Å². The van der Waals surface area contributed by atoms with Gasteiger partial charge in [0, 0.05) is 24.5 Å². The summed E-state index contributed by atoms with van der Waals surface area (Å²) in [4.78, 5) is 8.46. The molecule has 0 unspecified atom stereocenters. The van der Waals surface area contributed by atoms with Crippen molar-refractivity contribution in [2.75, 3.05) is 11.4 Å². The Bertz CT molecular complexity index is 604. The summed E-state index contributed by atoms with van der Waals surface area (Å²) in [6.07, 6.45) is 1.10. The van der Waals surface area contributed by atoms with Gasteiger partial charge in [-0.05, 0) is 23.5 Å². The molecule has 2 N–H and O–H groups in total. The largest absolute Gasteiger partial charge is 0.343 e. The van der Waals surface area contributed by atoms with E-state index in [1.165, 1.54) is 21.7 Å². The van der Waals surface area contributed by atoms with Crippen molar-refractivity contribution in [1.82, 2.24) is 4.98 Å². The molecule has 0 radical (unpaired) electrons. The maximum absolute atomic E-state index is 5.86. The average molecular weight is 287 g/mol. The van der Waals surface area contributed by atoms with E-state index in [-0.39, 0.29) is 0 Å². The van der Waals surface area contributed by atoms with Crippen LogP contribution < -0.4 is 10.6 Å². The third-order valence-corrected chi connectivity index (χ3v) is 5.00. The lowest BCUT2D eigenvalue weighted by Crippen LogP contribution is -2.30. The normalized spacial score (nSPS) is 14.7. The van der Waals surface area contributed by atoms with Crippen LogP contribution in [0.2, 0.25) is 0 Å². The van der Waals surface area contributed by atoms with Crippen LogP contribution in [0.4, 0.5) is 5.13 Å². The number of rotatable bonds is 3. The van der Waals surface area contributed by atoms with E-state index < -0.39 is 0 Å². The van der Waals surface area contributed by atoms with E-state index in [2.05, 4.69) is 43.0 Å². The van der Waals surface area contributed by atoms with Crippen LogP contribution in [0.3, 0.4) is 0 Å². The quantitative estimate of drug-likeness (QED) is 0.942. The molecule has 1 aromatic heterocycles. The summed E-state index contributed by atoms with van der Waals surface area (Å²) in [5.41, 5.74) is 9.93. The fourth-order valence-corrected chi connectivity index (χ4v) is 3.86. The van der Waals surface area contributed by atoms with Crippen molar-refractivity contribution in [3.8, 4) is 0 Å². The molecule has 1 aliphatic heterocycles. The fourth-order valence-electron chi connectivity index (χ4n) is 2.74. The second-order valence-electron chi connectivity index (χ2n) is 5.60. The van der Waals surface area contributed by atoms with E-state index in [0.29, 0.717) is 12.5 Å². The van der Waals surface area contributed by atoms with Crippen molar-refractivity contribution in [3.63, 3.8) is 0 Å². The zero-order chi connectivity index (χ0) is 14.1. The Kier molecular flexibility index (Phi) is 3.76. The first-order chi connectivity index (χ1) is 9.69. The number of thiazole rings is 1. The van der Waals surface area contributed by atoms with Gasteiger partial charge < -0.3 is 10.6 Å². The minimum absolute atomic E-state index is 0.440. The van der Waals surface area contributed by atoms with Gasteiger partial charge in [-0.1, -0.05) is 38.1 Å². The molecule has 1 aliphatic rings. The van der Waals surface area contributed by atoms with E-state index in [4.69, 9.17) is 10.7 Å². The molecule has 1 aromatic carbocycles. The summed E-state index contributed by atoms with van der Waals surface area (Å²) in [6.45, 7) is 6.97. The molecular weight excluding hydrogens is 266 g/mol. The lowest BCUT2D eigenvalue weighted by atomic mass is 10.0. The van der Waals surface area contributed by atoms with Gasteiger partial charge >= 0.3 is 0 Å². The lowest BCUT2D eigenvalue weighted by Gasteiger charge is -2.28. The Balaban J connectivity index is 1.88. The van der Waals surface area contributed by atoms with Gasteiger partial charge in [0.2, 0.25) is 0 Å². The number of fused-ring (bicyclic) bond motifs is 1. The minimum atomic E-state index is 0.440. The van der Waals surface area contributed by atoms with Crippen LogP contribution in [0.5, 0.6) is 0 Å². The summed E-state index contributed by atoms with van der Waals surface area (Å²) < 4.78 is 0. The molecule has 106 valence electrons. The molecular formula is C16H21N3S. The van der Waals surface area contributed by atoms with Gasteiger partial charge in [0.05, 0.1) is 5.69 Å². The third kappa shape index (κ3) is 2.45. The number of aromatic nitrogens is 1. The monoisotopic (exact) mass is 287 g/mol. The first kappa shape index (κ1) is 13.6. The molecule has 3 nitrogen and oxygen atoms in total. The fraction of sp³-hybridized carbons (Fsp3) is 0.438. The molecule has 0 aliphatic carbocycles. The van der Waals surface area contributed by atoms with E-state index in [1.54, 1.807) is 11.3 Å². The molecule has 0 amide bonds. The van der Waals surface area contributed by atoms with E-state index in [9.17, 15) is 0 Å². The predicted octanol–water partition coefficient (Wildman–Crippen LogP) is 3.29. The summed E-state index contributed by atoms with van der Waals surface area (Å²) in [5.74, 6) is 0.440. The molecule has 0 saturated carbocycles. The van der Waals surface area contributed by atoms with Crippen LogP contribution in [0.15, 0.2) is 24.3 Å². The highest BCUT2D eigenvalue weighted by Crippen LogP contribution is 2.33. The van der Waals surface area contributed by atoms with E-state index in [0.717, 1.165) is 24.6 Å². The molecule has 0 saturated heterocycles. The Morgan fingerprint density at radius 1 is 1.30 bits per heavy atom. The number of hydrogen-bond acceptors (Lipinski definition) is 4. The van der Waals surface area contributed by atoms with Crippen molar-refractivity contribution < 1.29 is 0 Å². The first-order valence-corrected chi connectivity index (χ1v) is 8.02. The van der Waals surface area contributed by atoms with Crippen molar-refractivity contribution >= 4 is 16.5 Å². The van der Waals surface area contributed by atoms with Crippen molar-refractivity contribution in [2.24, 2.45) is 5.73 Å². The van der Waals surface area contributed by atoms with E-state index in [1.807, 2.05) is 0 Å². The zero-order valence-corrected chi connectivity index (χ0v) is 12.9. The molecule has 4 heteroatoms. The van der Waals surface area contributed by atoms with Crippen molar-refractivity contribution in [1.29, 1.82) is 0 Å². The lowest BCUT2D eigenvalue weighted by molar-refractivity contribution is 0.722. The number of hydrogen-bond donors (Lipinski definition) is 1. The molecule has 0 atom stereocenters. The molecule has 0 bridgehead atoms.